The largest absolute Gasteiger partial charge is 0.378 e. The van der Waals surface area contributed by atoms with Crippen LogP contribution in [0.4, 0.5) is 8.78 Å². The van der Waals surface area contributed by atoms with Crippen molar-refractivity contribution in [2.75, 3.05) is 32.8 Å². The van der Waals surface area contributed by atoms with E-state index in [1.54, 1.807) is 4.90 Å². The van der Waals surface area contributed by atoms with Crippen LogP contribution < -0.4 is 0 Å². The molecule has 0 spiro atoms. The summed E-state index contributed by atoms with van der Waals surface area (Å²) in [4.78, 5) is 16.6. The Morgan fingerprint density at radius 2 is 2.13 bits per heavy atom. The highest BCUT2D eigenvalue weighted by Crippen LogP contribution is 2.23. The van der Waals surface area contributed by atoms with Gasteiger partial charge in [-0.1, -0.05) is 13.3 Å². The zero-order valence-corrected chi connectivity index (χ0v) is 13.3. The lowest BCUT2D eigenvalue weighted by Gasteiger charge is -2.48. The number of hydrogen-bond acceptors (Lipinski definition) is 3. The fourth-order valence-corrected chi connectivity index (χ4v) is 3.53. The summed E-state index contributed by atoms with van der Waals surface area (Å²) in [5.74, 6) is -1.85. The molecule has 4 nitrogen and oxygen atoms in total. The third kappa shape index (κ3) is 3.38. The monoisotopic (exact) mass is 324 g/mol. The minimum atomic E-state index is -0.804. The van der Waals surface area contributed by atoms with Crippen molar-refractivity contribution in [3.8, 4) is 0 Å². The van der Waals surface area contributed by atoms with Crippen molar-refractivity contribution in [1.29, 1.82) is 0 Å². The molecule has 3 rings (SSSR count). The number of carbonyl (C=O) groups excluding carboxylic acids is 1. The van der Waals surface area contributed by atoms with Gasteiger partial charge in [-0.2, -0.15) is 0 Å². The number of rotatable bonds is 3. The molecule has 1 amide bonds. The summed E-state index contributed by atoms with van der Waals surface area (Å²) < 4.78 is 32.5. The predicted octanol–water partition coefficient (Wildman–Crippen LogP) is 2.29. The van der Waals surface area contributed by atoms with E-state index in [2.05, 4.69) is 11.8 Å². The molecule has 1 aromatic carbocycles. The van der Waals surface area contributed by atoms with Crippen LogP contribution in [-0.4, -0.2) is 60.6 Å². The first-order chi connectivity index (χ1) is 11.1. The van der Waals surface area contributed by atoms with Gasteiger partial charge in [0.1, 0.15) is 11.6 Å². The molecule has 126 valence electrons. The summed E-state index contributed by atoms with van der Waals surface area (Å²) in [5.41, 5.74) is -0.0679. The van der Waals surface area contributed by atoms with Gasteiger partial charge >= 0.3 is 0 Å². The summed E-state index contributed by atoms with van der Waals surface area (Å²) in [6.45, 7) is 5.34. The van der Waals surface area contributed by atoms with Crippen molar-refractivity contribution < 1.29 is 18.3 Å². The van der Waals surface area contributed by atoms with Gasteiger partial charge in [0.05, 0.1) is 24.8 Å². The molecule has 2 saturated heterocycles. The number of piperazine rings is 1. The van der Waals surface area contributed by atoms with Crippen LogP contribution in [0.2, 0.25) is 0 Å². The lowest BCUT2D eigenvalue weighted by atomic mass is 10.0. The Bertz CT molecular complexity index is 580. The lowest BCUT2D eigenvalue weighted by Crippen LogP contribution is -2.62. The average molecular weight is 324 g/mol. The van der Waals surface area contributed by atoms with Gasteiger partial charge < -0.3 is 9.64 Å². The summed E-state index contributed by atoms with van der Waals surface area (Å²) in [6, 6.07) is 3.65. The highest BCUT2D eigenvalue weighted by atomic mass is 19.1. The first-order valence-corrected chi connectivity index (χ1v) is 8.18. The molecule has 2 aliphatic rings. The highest BCUT2D eigenvalue weighted by Gasteiger charge is 2.37. The van der Waals surface area contributed by atoms with Gasteiger partial charge in [0.2, 0.25) is 0 Å². The quantitative estimate of drug-likeness (QED) is 0.855. The number of amides is 1. The molecule has 1 aromatic rings. The summed E-state index contributed by atoms with van der Waals surface area (Å²) >= 11 is 0. The van der Waals surface area contributed by atoms with E-state index >= 15 is 0 Å². The molecule has 0 bridgehead atoms. The van der Waals surface area contributed by atoms with Gasteiger partial charge in [-0.3, -0.25) is 9.69 Å². The Morgan fingerprint density at radius 1 is 1.30 bits per heavy atom. The molecule has 2 heterocycles. The molecule has 0 unspecified atom stereocenters. The molecule has 2 fully saturated rings. The van der Waals surface area contributed by atoms with E-state index in [-0.39, 0.29) is 17.5 Å². The van der Waals surface area contributed by atoms with Crippen LogP contribution in [0.1, 0.15) is 30.1 Å². The molecule has 23 heavy (non-hydrogen) atoms. The maximum absolute atomic E-state index is 13.8. The molecule has 0 N–H and O–H groups in total. The molecule has 2 atom stereocenters. The molecular weight excluding hydrogens is 302 g/mol. The predicted molar refractivity (Wildman–Crippen MR) is 82.3 cm³/mol. The van der Waals surface area contributed by atoms with Gasteiger partial charge in [-0.25, -0.2) is 8.78 Å². The summed E-state index contributed by atoms with van der Waals surface area (Å²) in [6.07, 6.45) is 2.18. The average Bonchev–Trinajstić information content (AvgIpc) is 2.54. The minimum absolute atomic E-state index is 0.0679. The van der Waals surface area contributed by atoms with Gasteiger partial charge in [0.15, 0.2) is 0 Å². The molecular formula is C17H22F2N2O2. The maximum Gasteiger partial charge on any atom is 0.256 e. The van der Waals surface area contributed by atoms with Crippen molar-refractivity contribution in [1.82, 2.24) is 9.80 Å². The van der Waals surface area contributed by atoms with Crippen LogP contribution in [0.3, 0.4) is 0 Å². The van der Waals surface area contributed by atoms with E-state index in [0.29, 0.717) is 25.7 Å². The SMILES string of the molecule is CCC[C@H]1COC[C@H]2CN(C(=O)c3ccc(F)cc3F)CCN12. The first-order valence-electron chi connectivity index (χ1n) is 8.18. The van der Waals surface area contributed by atoms with Gasteiger partial charge in [0, 0.05) is 31.7 Å². The second-order valence-corrected chi connectivity index (χ2v) is 6.25. The molecule has 0 radical (unpaired) electrons. The fourth-order valence-electron chi connectivity index (χ4n) is 3.53. The maximum atomic E-state index is 13.8. The Kier molecular flexibility index (Phi) is 4.92. The third-order valence-corrected chi connectivity index (χ3v) is 4.69. The van der Waals surface area contributed by atoms with Crippen LogP contribution in [0.5, 0.6) is 0 Å². The highest BCUT2D eigenvalue weighted by molar-refractivity contribution is 5.94. The number of benzene rings is 1. The van der Waals surface area contributed by atoms with E-state index in [1.165, 1.54) is 6.07 Å². The zero-order valence-electron chi connectivity index (χ0n) is 13.3. The molecule has 0 aromatic heterocycles. The van der Waals surface area contributed by atoms with Crippen molar-refractivity contribution in [3.63, 3.8) is 0 Å². The van der Waals surface area contributed by atoms with E-state index in [1.807, 2.05) is 0 Å². The Morgan fingerprint density at radius 3 is 2.87 bits per heavy atom. The van der Waals surface area contributed by atoms with Crippen molar-refractivity contribution >= 4 is 5.91 Å². The molecule has 2 aliphatic heterocycles. The fraction of sp³-hybridized carbons (Fsp3) is 0.588. The third-order valence-electron chi connectivity index (χ3n) is 4.69. The van der Waals surface area contributed by atoms with Crippen molar-refractivity contribution in [2.45, 2.75) is 31.8 Å². The van der Waals surface area contributed by atoms with Crippen LogP contribution in [0.25, 0.3) is 0 Å². The summed E-state index contributed by atoms with van der Waals surface area (Å²) in [7, 11) is 0. The molecule has 0 saturated carbocycles. The van der Waals surface area contributed by atoms with Gasteiger partial charge in [-0.05, 0) is 18.6 Å². The second-order valence-electron chi connectivity index (χ2n) is 6.25. The number of hydrogen-bond donors (Lipinski definition) is 0. The van der Waals surface area contributed by atoms with Crippen LogP contribution in [-0.2, 0) is 4.74 Å². The second kappa shape index (κ2) is 6.93. The number of halogens is 2. The number of nitrogens with zero attached hydrogens (tertiary/aromatic N) is 2. The van der Waals surface area contributed by atoms with Crippen molar-refractivity contribution in [2.24, 2.45) is 0 Å². The summed E-state index contributed by atoms with van der Waals surface area (Å²) in [5, 5.41) is 0. The standard InChI is InChI=1S/C17H22F2N2O2/c1-2-3-13-10-23-11-14-9-20(6-7-21(13)14)17(22)15-5-4-12(18)8-16(15)19/h4-5,8,13-14H,2-3,6-7,9-11H2,1H3/t13-,14+/m0/s1. The lowest BCUT2D eigenvalue weighted by molar-refractivity contribution is -0.0776. The van der Waals surface area contributed by atoms with Crippen LogP contribution in [0.15, 0.2) is 18.2 Å². The number of ether oxygens (including phenoxy) is 1. The van der Waals surface area contributed by atoms with Crippen LogP contribution in [0, 0.1) is 11.6 Å². The normalized spacial score (nSPS) is 25.3. The Labute approximate surface area is 135 Å². The number of morpholine rings is 1. The molecule has 6 heteroatoms. The van der Waals surface area contributed by atoms with E-state index < -0.39 is 11.6 Å². The number of carbonyl (C=O) groups is 1. The first kappa shape index (κ1) is 16.3. The van der Waals surface area contributed by atoms with Gasteiger partial charge in [0.25, 0.3) is 5.91 Å². The van der Waals surface area contributed by atoms with Crippen molar-refractivity contribution in [3.05, 3.63) is 35.4 Å². The van der Waals surface area contributed by atoms with E-state index in [0.717, 1.165) is 38.1 Å². The van der Waals surface area contributed by atoms with E-state index in [4.69, 9.17) is 4.74 Å². The molecule has 0 aliphatic carbocycles. The Balaban J connectivity index is 1.70. The van der Waals surface area contributed by atoms with Gasteiger partial charge in [-0.15, -0.1) is 0 Å². The smallest absolute Gasteiger partial charge is 0.256 e. The van der Waals surface area contributed by atoms with Crippen LogP contribution >= 0.6 is 0 Å². The minimum Gasteiger partial charge on any atom is -0.378 e. The van der Waals surface area contributed by atoms with E-state index in [9.17, 15) is 13.6 Å². The number of fused-ring (bicyclic) bond motifs is 1. The topological polar surface area (TPSA) is 32.8 Å². The zero-order chi connectivity index (χ0) is 16.4. The Hall–Kier alpha value is -1.53.